The third-order valence-corrected chi connectivity index (χ3v) is 2.65. The van der Waals surface area contributed by atoms with Gasteiger partial charge in [0, 0.05) is 31.4 Å². The van der Waals surface area contributed by atoms with E-state index in [0.29, 0.717) is 18.5 Å². The van der Waals surface area contributed by atoms with Crippen LogP contribution in [-0.4, -0.2) is 22.8 Å². The summed E-state index contributed by atoms with van der Waals surface area (Å²) in [5.41, 5.74) is 0.706. The van der Waals surface area contributed by atoms with Gasteiger partial charge in [0.2, 0.25) is 5.91 Å². The molecule has 0 spiro atoms. The Bertz CT molecular complexity index is 409. The molecule has 2 N–H and O–H groups in total. The average Bonchev–Trinajstić information content (AvgIpc) is 2.28. The lowest BCUT2D eigenvalue weighted by Gasteiger charge is -2.15. The summed E-state index contributed by atoms with van der Waals surface area (Å²) in [6.45, 7) is 1.43. The fraction of sp³-hybridized carbons (Fsp3) is 0.462. The second-order valence-corrected chi connectivity index (χ2v) is 4.26. The summed E-state index contributed by atoms with van der Waals surface area (Å²) in [7, 11) is 0. The standard InChI is InChI=1S/C13H17NO4/c1-9(15)14-11-7-5-10(6-8-11)12(16)3-2-4-13(17)18/h5,7-8,10H,2-4,6H2,1H3,(H,14,15)(H,17,18). The van der Waals surface area contributed by atoms with Crippen LogP contribution in [0.2, 0.25) is 0 Å². The lowest BCUT2D eigenvalue weighted by atomic mass is 9.92. The average molecular weight is 251 g/mol. The Morgan fingerprint density at radius 1 is 1.39 bits per heavy atom. The second kappa shape index (κ2) is 6.74. The van der Waals surface area contributed by atoms with E-state index in [4.69, 9.17) is 5.11 Å². The van der Waals surface area contributed by atoms with Gasteiger partial charge in [-0.25, -0.2) is 0 Å². The first-order valence-corrected chi connectivity index (χ1v) is 5.89. The molecule has 0 saturated carbocycles. The van der Waals surface area contributed by atoms with Crippen LogP contribution >= 0.6 is 0 Å². The van der Waals surface area contributed by atoms with Crippen molar-refractivity contribution in [2.24, 2.45) is 5.92 Å². The zero-order valence-electron chi connectivity index (χ0n) is 10.3. The van der Waals surface area contributed by atoms with Crippen molar-refractivity contribution in [3.8, 4) is 0 Å². The topological polar surface area (TPSA) is 83.5 Å². The first-order valence-electron chi connectivity index (χ1n) is 5.89. The first-order chi connectivity index (χ1) is 8.49. The Kier molecular flexibility index (Phi) is 5.30. The van der Waals surface area contributed by atoms with Gasteiger partial charge >= 0.3 is 5.97 Å². The van der Waals surface area contributed by atoms with Gasteiger partial charge in [-0.05, 0) is 18.9 Å². The van der Waals surface area contributed by atoms with Gasteiger partial charge in [-0.15, -0.1) is 0 Å². The molecule has 1 unspecified atom stereocenters. The van der Waals surface area contributed by atoms with Gasteiger partial charge < -0.3 is 10.4 Å². The zero-order valence-corrected chi connectivity index (χ0v) is 10.3. The van der Waals surface area contributed by atoms with Crippen molar-refractivity contribution >= 4 is 17.7 Å². The van der Waals surface area contributed by atoms with Crippen LogP contribution in [0.4, 0.5) is 0 Å². The van der Waals surface area contributed by atoms with Crippen LogP contribution in [0.5, 0.6) is 0 Å². The van der Waals surface area contributed by atoms with Crippen LogP contribution in [0.1, 0.15) is 32.6 Å². The Morgan fingerprint density at radius 3 is 2.61 bits per heavy atom. The van der Waals surface area contributed by atoms with Gasteiger partial charge in [0.25, 0.3) is 0 Å². The number of carboxylic acids is 1. The predicted octanol–water partition coefficient (Wildman–Crippen LogP) is 1.41. The molecule has 1 aliphatic rings. The van der Waals surface area contributed by atoms with Crippen molar-refractivity contribution < 1.29 is 19.5 Å². The summed E-state index contributed by atoms with van der Waals surface area (Å²) in [6, 6.07) is 0. The maximum absolute atomic E-state index is 11.7. The first kappa shape index (κ1) is 14.2. The van der Waals surface area contributed by atoms with E-state index in [9.17, 15) is 14.4 Å². The third kappa shape index (κ3) is 4.95. The minimum absolute atomic E-state index is 0.0230. The highest BCUT2D eigenvalue weighted by atomic mass is 16.4. The smallest absolute Gasteiger partial charge is 0.303 e. The number of carbonyl (C=O) groups is 3. The molecule has 0 aromatic heterocycles. The number of Topliss-reactive ketones (excluding diaryl/α,β-unsaturated/α-hetero) is 1. The minimum Gasteiger partial charge on any atom is -0.481 e. The molecule has 0 aromatic rings. The van der Waals surface area contributed by atoms with E-state index in [2.05, 4.69) is 5.32 Å². The van der Waals surface area contributed by atoms with Crippen molar-refractivity contribution in [1.29, 1.82) is 0 Å². The Labute approximate surface area is 106 Å². The van der Waals surface area contributed by atoms with E-state index in [1.807, 2.05) is 0 Å². The van der Waals surface area contributed by atoms with E-state index >= 15 is 0 Å². The van der Waals surface area contributed by atoms with Crippen molar-refractivity contribution in [1.82, 2.24) is 5.32 Å². The van der Waals surface area contributed by atoms with E-state index in [1.165, 1.54) is 6.92 Å². The fourth-order valence-electron chi connectivity index (χ4n) is 1.75. The molecule has 1 amide bonds. The molecule has 1 aliphatic carbocycles. The number of carboxylic acid groups (broad SMARTS) is 1. The fourth-order valence-corrected chi connectivity index (χ4v) is 1.75. The number of ketones is 1. The highest BCUT2D eigenvalue weighted by molar-refractivity contribution is 5.84. The summed E-state index contributed by atoms with van der Waals surface area (Å²) in [5, 5.41) is 11.1. The van der Waals surface area contributed by atoms with Gasteiger partial charge in [-0.1, -0.05) is 12.2 Å². The lowest BCUT2D eigenvalue weighted by Crippen LogP contribution is -2.21. The molecular formula is C13H17NO4. The molecule has 0 fully saturated rings. The summed E-state index contributed by atoms with van der Waals surface area (Å²) in [4.78, 5) is 32.9. The van der Waals surface area contributed by atoms with Crippen LogP contribution in [0.15, 0.2) is 23.9 Å². The molecule has 0 radical (unpaired) electrons. The molecule has 1 rings (SSSR count). The summed E-state index contributed by atoms with van der Waals surface area (Å²) in [5.74, 6) is -1.17. The van der Waals surface area contributed by atoms with Crippen molar-refractivity contribution in [2.45, 2.75) is 32.6 Å². The number of rotatable bonds is 6. The van der Waals surface area contributed by atoms with Crippen molar-refractivity contribution in [3.63, 3.8) is 0 Å². The number of hydrogen-bond acceptors (Lipinski definition) is 3. The predicted molar refractivity (Wildman–Crippen MR) is 65.6 cm³/mol. The van der Waals surface area contributed by atoms with Gasteiger partial charge in [0.15, 0.2) is 0 Å². The molecule has 5 heteroatoms. The summed E-state index contributed by atoms with van der Waals surface area (Å²) < 4.78 is 0. The van der Waals surface area contributed by atoms with Crippen LogP contribution < -0.4 is 5.32 Å². The van der Waals surface area contributed by atoms with E-state index in [0.717, 1.165) is 0 Å². The molecular weight excluding hydrogens is 234 g/mol. The molecule has 0 bridgehead atoms. The van der Waals surface area contributed by atoms with Crippen molar-refractivity contribution in [3.05, 3.63) is 23.9 Å². The number of carbonyl (C=O) groups excluding carboxylic acids is 2. The van der Waals surface area contributed by atoms with Crippen LogP contribution in [0.25, 0.3) is 0 Å². The van der Waals surface area contributed by atoms with Gasteiger partial charge in [0.05, 0.1) is 0 Å². The molecule has 0 saturated heterocycles. The highest BCUT2D eigenvalue weighted by Gasteiger charge is 2.17. The Hall–Kier alpha value is -1.91. The quantitative estimate of drug-likeness (QED) is 0.747. The largest absolute Gasteiger partial charge is 0.481 e. The minimum atomic E-state index is -0.880. The molecule has 0 aliphatic heterocycles. The Balaban J connectivity index is 2.36. The number of nitrogens with one attached hydrogen (secondary N) is 1. The third-order valence-electron chi connectivity index (χ3n) is 2.65. The lowest BCUT2D eigenvalue weighted by molar-refractivity contribution is -0.137. The van der Waals surface area contributed by atoms with Gasteiger partial charge in [0.1, 0.15) is 5.78 Å². The molecule has 98 valence electrons. The Morgan fingerprint density at radius 2 is 2.11 bits per heavy atom. The normalized spacial score (nSPS) is 18.1. The number of allylic oxidation sites excluding steroid dienone is 3. The van der Waals surface area contributed by atoms with E-state index in [-0.39, 0.29) is 30.4 Å². The number of amides is 1. The van der Waals surface area contributed by atoms with Crippen LogP contribution in [-0.2, 0) is 14.4 Å². The summed E-state index contributed by atoms with van der Waals surface area (Å²) in [6.07, 6.45) is 6.51. The van der Waals surface area contributed by atoms with Crippen LogP contribution in [0, 0.1) is 5.92 Å². The maximum Gasteiger partial charge on any atom is 0.303 e. The second-order valence-electron chi connectivity index (χ2n) is 4.26. The molecule has 1 atom stereocenters. The molecule has 0 aromatic carbocycles. The summed E-state index contributed by atoms with van der Waals surface area (Å²) >= 11 is 0. The van der Waals surface area contributed by atoms with E-state index in [1.54, 1.807) is 18.2 Å². The van der Waals surface area contributed by atoms with E-state index < -0.39 is 5.97 Å². The molecule has 5 nitrogen and oxygen atoms in total. The zero-order chi connectivity index (χ0) is 13.5. The molecule has 0 heterocycles. The number of aliphatic carboxylic acids is 1. The monoisotopic (exact) mass is 251 g/mol. The van der Waals surface area contributed by atoms with Gasteiger partial charge in [-0.2, -0.15) is 0 Å². The SMILES string of the molecule is CC(=O)NC1=CCC(C(=O)CCCC(=O)O)C=C1. The maximum atomic E-state index is 11.7. The highest BCUT2D eigenvalue weighted by Crippen LogP contribution is 2.18. The number of hydrogen-bond donors (Lipinski definition) is 2. The molecule has 18 heavy (non-hydrogen) atoms. The van der Waals surface area contributed by atoms with Crippen LogP contribution in [0.3, 0.4) is 0 Å². The van der Waals surface area contributed by atoms with Gasteiger partial charge in [-0.3, -0.25) is 14.4 Å². The van der Waals surface area contributed by atoms with Crippen molar-refractivity contribution in [2.75, 3.05) is 0 Å².